The van der Waals surface area contributed by atoms with Gasteiger partial charge in [0.05, 0.1) is 4.47 Å². The molecule has 0 amide bonds. The molecule has 0 spiro atoms. The minimum Gasteiger partial charge on any atom is -0.506 e. The van der Waals surface area contributed by atoms with Gasteiger partial charge in [-0.05, 0) is 28.1 Å². The standard InChI is InChI=1S/C10H9BrN2O2.ClHO4/c1-6-12-10(15-13(6)2)7-4-3-5-8(11)9(7)14;2-1(3,4)5/h3-5H,1-2H3;(H,2,3,4,5). The third-order valence-electron chi connectivity index (χ3n) is 2.16. The van der Waals surface area contributed by atoms with Crippen molar-refractivity contribution in [2.24, 2.45) is 7.05 Å². The lowest BCUT2D eigenvalue weighted by molar-refractivity contribution is -2.00. The summed E-state index contributed by atoms with van der Waals surface area (Å²) in [6.07, 6.45) is 0. The van der Waals surface area contributed by atoms with Gasteiger partial charge in [-0.15, -0.1) is 10.2 Å². The van der Waals surface area contributed by atoms with E-state index in [0.29, 0.717) is 15.9 Å². The molecule has 0 fully saturated rings. The van der Waals surface area contributed by atoms with Gasteiger partial charge in [0, 0.05) is 11.9 Å². The largest absolute Gasteiger partial charge is 0.506 e. The Bertz CT molecular complexity index is 572. The number of phenols is 1. The lowest BCUT2D eigenvalue weighted by Gasteiger charge is -2.17. The van der Waals surface area contributed by atoms with Crippen molar-refractivity contribution < 1.29 is 43.2 Å². The van der Waals surface area contributed by atoms with Crippen molar-refractivity contribution in [3.8, 4) is 17.2 Å². The minimum atomic E-state index is -4.94. The molecular formula is C10H10BrClN2O6. The highest BCUT2D eigenvalue weighted by atomic mass is 79.9. The molecule has 0 radical (unpaired) electrons. The van der Waals surface area contributed by atoms with Crippen LogP contribution in [0.4, 0.5) is 0 Å². The fourth-order valence-corrected chi connectivity index (χ4v) is 1.60. The highest BCUT2D eigenvalue weighted by Gasteiger charge is 2.21. The number of rotatable bonds is 1. The maximum absolute atomic E-state index is 9.80. The van der Waals surface area contributed by atoms with E-state index in [-0.39, 0.29) is 5.75 Å². The summed E-state index contributed by atoms with van der Waals surface area (Å²) < 4.78 is 41.5. The number of halogens is 2. The van der Waals surface area contributed by atoms with Crippen molar-refractivity contribution >= 4 is 15.9 Å². The first-order valence-electron chi connectivity index (χ1n) is 5.03. The summed E-state index contributed by atoms with van der Waals surface area (Å²) in [5.41, 5.74) is 0.577. The summed E-state index contributed by atoms with van der Waals surface area (Å²) in [7, 11) is -3.18. The minimum absolute atomic E-state index is 0.138. The Balaban J connectivity index is 0.000000347. The molecule has 0 unspecified atom stereocenters. The van der Waals surface area contributed by atoms with Gasteiger partial charge < -0.3 is 5.11 Å². The van der Waals surface area contributed by atoms with Gasteiger partial charge in [0.25, 0.3) is 0 Å². The number of aromatic nitrogens is 2. The van der Waals surface area contributed by atoms with E-state index >= 15 is 0 Å². The van der Waals surface area contributed by atoms with Gasteiger partial charge in [-0.2, -0.15) is 0 Å². The molecular weight excluding hydrogens is 359 g/mol. The van der Waals surface area contributed by atoms with Crippen molar-refractivity contribution in [3.63, 3.8) is 0 Å². The lowest BCUT2D eigenvalue weighted by atomic mass is 10.2. The van der Waals surface area contributed by atoms with Crippen LogP contribution in [-0.4, -0.2) is 10.1 Å². The SMILES string of the molecule is Cc1nc(-c2cccc(Br)c2O)o[n+]1C.[O-][Cl+3]([O-])([O-])[O-]. The van der Waals surface area contributed by atoms with E-state index in [1.807, 2.05) is 13.0 Å². The third-order valence-corrected chi connectivity index (χ3v) is 2.80. The number of aromatic hydroxyl groups is 1. The summed E-state index contributed by atoms with van der Waals surface area (Å²) >= 11 is 3.24. The Labute approximate surface area is 124 Å². The number of benzene rings is 1. The van der Waals surface area contributed by atoms with Gasteiger partial charge in [-0.3, -0.25) is 4.52 Å². The van der Waals surface area contributed by atoms with E-state index < -0.39 is 10.2 Å². The van der Waals surface area contributed by atoms with E-state index in [0.717, 1.165) is 5.82 Å². The zero-order valence-electron chi connectivity index (χ0n) is 10.4. The highest BCUT2D eigenvalue weighted by molar-refractivity contribution is 9.10. The molecule has 2 aromatic rings. The van der Waals surface area contributed by atoms with E-state index in [9.17, 15) is 5.11 Å². The van der Waals surface area contributed by atoms with Gasteiger partial charge in [0.1, 0.15) is 18.4 Å². The smallest absolute Gasteiger partial charge is 0.388 e. The molecule has 0 aliphatic heterocycles. The maximum Gasteiger partial charge on any atom is 0.388 e. The molecule has 0 atom stereocenters. The molecule has 2 rings (SSSR count). The van der Waals surface area contributed by atoms with E-state index in [4.69, 9.17) is 23.2 Å². The fourth-order valence-electron chi connectivity index (χ4n) is 1.23. The van der Waals surface area contributed by atoms with Crippen LogP contribution in [0.5, 0.6) is 5.75 Å². The molecule has 0 saturated carbocycles. The first-order valence-corrected chi connectivity index (χ1v) is 7.06. The highest BCUT2D eigenvalue weighted by Crippen LogP contribution is 2.33. The lowest BCUT2D eigenvalue weighted by Crippen LogP contribution is -2.68. The molecule has 20 heavy (non-hydrogen) atoms. The molecule has 0 aliphatic carbocycles. The second kappa shape index (κ2) is 6.48. The molecule has 0 saturated heterocycles. The normalized spacial score (nSPS) is 10.9. The summed E-state index contributed by atoms with van der Waals surface area (Å²) in [6, 6.07) is 5.33. The average molecular weight is 370 g/mol. The van der Waals surface area contributed by atoms with Gasteiger partial charge >= 0.3 is 11.7 Å². The monoisotopic (exact) mass is 368 g/mol. The van der Waals surface area contributed by atoms with Crippen molar-refractivity contribution in [2.45, 2.75) is 6.92 Å². The van der Waals surface area contributed by atoms with Gasteiger partial charge in [0.2, 0.25) is 0 Å². The number of aryl methyl sites for hydroxylation is 2. The zero-order chi connectivity index (χ0) is 15.5. The van der Waals surface area contributed by atoms with Crippen LogP contribution in [0.25, 0.3) is 11.5 Å². The third kappa shape index (κ3) is 5.04. The van der Waals surface area contributed by atoms with Crippen LogP contribution in [0.3, 0.4) is 0 Å². The predicted octanol–water partition coefficient (Wildman–Crippen LogP) is -2.81. The van der Waals surface area contributed by atoms with Crippen LogP contribution in [0.1, 0.15) is 5.82 Å². The van der Waals surface area contributed by atoms with Crippen LogP contribution >= 0.6 is 15.9 Å². The molecule has 1 aromatic heterocycles. The van der Waals surface area contributed by atoms with Crippen LogP contribution in [0, 0.1) is 17.2 Å². The van der Waals surface area contributed by atoms with Gasteiger partial charge in [-0.1, -0.05) is 10.8 Å². The molecule has 8 nitrogen and oxygen atoms in total. The molecule has 0 aliphatic rings. The van der Waals surface area contributed by atoms with Gasteiger partial charge in [-0.25, -0.2) is 18.6 Å². The quantitative estimate of drug-likeness (QED) is 0.534. The van der Waals surface area contributed by atoms with E-state index in [1.165, 1.54) is 0 Å². The first kappa shape index (κ1) is 16.8. The first-order chi connectivity index (χ1) is 9.09. The van der Waals surface area contributed by atoms with Crippen molar-refractivity contribution in [1.82, 2.24) is 4.98 Å². The topological polar surface area (TPSA) is 142 Å². The van der Waals surface area contributed by atoms with Crippen molar-refractivity contribution in [3.05, 3.63) is 28.5 Å². The van der Waals surface area contributed by atoms with Crippen LogP contribution in [-0.2, 0) is 7.05 Å². The molecule has 0 bridgehead atoms. The van der Waals surface area contributed by atoms with Crippen LogP contribution in [0.2, 0.25) is 0 Å². The molecule has 1 aromatic carbocycles. The molecule has 110 valence electrons. The average Bonchev–Trinajstić information content (AvgIpc) is 2.61. The van der Waals surface area contributed by atoms with E-state index in [2.05, 4.69) is 20.9 Å². The Morgan fingerprint density at radius 1 is 1.30 bits per heavy atom. The molecule has 1 heterocycles. The van der Waals surface area contributed by atoms with E-state index in [1.54, 1.807) is 23.9 Å². The van der Waals surface area contributed by atoms with Gasteiger partial charge in [0.15, 0.2) is 0 Å². The summed E-state index contributed by atoms with van der Waals surface area (Å²) in [6.45, 7) is 1.84. The number of phenolic OH excluding ortho intramolecular Hbond substituents is 1. The van der Waals surface area contributed by atoms with Crippen LogP contribution < -0.4 is 23.4 Å². The summed E-state index contributed by atoms with van der Waals surface area (Å²) in [4.78, 5) is 4.20. The number of nitrogens with zero attached hydrogens (tertiary/aromatic N) is 2. The fraction of sp³-hybridized carbons (Fsp3) is 0.200. The zero-order valence-corrected chi connectivity index (χ0v) is 12.7. The Hall–Kier alpha value is -1.23. The Morgan fingerprint density at radius 3 is 2.30 bits per heavy atom. The number of hydrogen-bond donors (Lipinski definition) is 1. The second-order valence-corrected chi connectivity index (χ2v) is 5.18. The Morgan fingerprint density at radius 2 is 1.85 bits per heavy atom. The second-order valence-electron chi connectivity index (χ2n) is 3.57. The maximum atomic E-state index is 9.80. The summed E-state index contributed by atoms with van der Waals surface area (Å²) in [5.74, 6) is 1.30. The van der Waals surface area contributed by atoms with Crippen LogP contribution in [0.15, 0.2) is 27.2 Å². The Kier molecular flexibility index (Phi) is 5.45. The summed E-state index contributed by atoms with van der Waals surface area (Å²) in [5, 5.41) is 9.80. The number of para-hydroxylation sites is 1. The number of hydrogen-bond acceptors (Lipinski definition) is 7. The molecule has 10 heteroatoms. The van der Waals surface area contributed by atoms with Crippen molar-refractivity contribution in [1.29, 1.82) is 0 Å². The molecule has 1 N–H and O–H groups in total. The van der Waals surface area contributed by atoms with Crippen molar-refractivity contribution in [2.75, 3.05) is 0 Å². The predicted molar refractivity (Wildman–Crippen MR) is 57.2 cm³/mol.